The maximum absolute atomic E-state index is 13.8. The summed E-state index contributed by atoms with van der Waals surface area (Å²) in [6.45, 7) is 6.65. The molecule has 39 heavy (non-hydrogen) atoms. The van der Waals surface area contributed by atoms with Gasteiger partial charge in [-0.15, -0.1) is 0 Å². The van der Waals surface area contributed by atoms with Crippen LogP contribution in [0.5, 0.6) is 0 Å². The molecule has 2 saturated heterocycles. The molecule has 6 rings (SSSR count). The Bertz CT molecular complexity index is 1520. The molecule has 0 aliphatic carbocycles. The van der Waals surface area contributed by atoms with Crippen molar-refractivity contribution < 1.29 is 18.8 Å². The number of hydrogen-bond acceptors (Lipinski definition) is 5. The lowest BCUT2D eigenvalue weighted by Gasteiger charge is -2.39. The first-order valence-electron chi connectivity index (χ1n) is 13.2. The molecule has 2 bridgehead atoms. The van der Waals surface area contributed by atoms with Gasteiger partial charge in [0.25, 0.3) is 11.8 Å². The van der Waals surface area contributed by atoms with Crippen molar-refractivity contribution >= 4 is 28.6 Å². The van der Waals surface area contributed by atoms with Crippen LogP contribution >= 0.6 is 0 Å². The second-order valence-corrected chi connectivity index (χ2v) is 11.4. The van der Waals surface area contributed by atoms with E-state index in [1.54, 1.807) is 17.2 Å². The van der Waals surface area contributed by atoms with Crippen LogP contribution in [0.15, 0.2) is 71.3 Å². The number of carbonyl (C=O) groups excluding carboxylic acids is 3. The van der Waals surface area contributed by atoms with Gasteiger partial charge >= 0.3 is 5.91 Å². The molecule has 2 aromatic heterocycles. The minimum absolute atomic E-state index is 0.0532. The van der Waals surface area contributed by atoms with E-state index >= 15 is 0 Å². The number of para-hydroxylation sites is 1. The zero-order valence-corrected chi connectivity index (χ0v) is 22.2. The Labute approximate surface area is 226 Å². The molecule has 2 aromatic carbocycles. The number of nitrogens with zero attached hydrogens (tertiary/aromatic N) is 3. The van der Waals surface area contributed by atoms with Gasteiger partial charge in [-0.3, -0.25) is 14.4 Å². The number of oxazole rings is 1. The van der Waals surface area contributed by atoms with E-state index in [1.165, 1.54) is 0 Å². The van der Waals surface area contributed by atoms with E-state index in [0.29, 0.717) is 31.0 Å². The van der Waals surface area contributed by atoms with E-state index in [1.807, 2.05) is 80.3 Å². The van der Waals surface area contributed by atoms with Crippen molar-refractivity contribution in [3.63, 3.8) is 0 Å². The smallest absolute Gasteiger partial charge is 0.310 e. The van der Waals surface area contributed by atoms with Crippen LogP contribution in [0.3, 0.4) is 0 Å². The molecule has 4 aromatic rings. The van der Waals surface area contributed by atoms with Gasteiger partial charge in [0, 0.05) is 29.6 Å². The lowest BCUT2D eigenvalue weighted by molar-refractivity contribution is -0.138. The molecule has 0 saturated carbocycles. The number of H-pyrrole nitrogens is 1. The Morgan fingerprint density at radius 1 is 1.00 bits per heavy atom. The molecular weight excluding hydrogens is 494 g/mol. The van der Waals surface area contributed by atoms with E-state index < -0.39 is 11.5 Å². The van der Waals surface area contributed by atoms with Crippen LogP contribution in [-0.4, -0.2) is 68.7 Å². The molecule has 200 valence electrons. The Balaban J connectivity index is 1.14. The van der Waals surface area contributed by atoms with Gasteiger partial charge in [0.15, 0.2) is 5.76 Å². The van der Waals surface area contributed by atoms with E-state index in [2.05, 4.69) is 15.3 Å². The van der Waals surface area contributed by atoms with Crippen molar-refractivity contribution in [2.45, 2.75) is 45.3 Å². The van der Waals surface area contributed by atoms with E-state index in [4.69, 9.17) is 4.42 Å². The molecule has 4 heterocycles. The van der Waals surface area contributed by atoms with Crippen molar-refractivity contribution in [1.29, 1.82) is 0 Å². The van der Waals surface area contributed by atoms with Gasteiger partial charge in [-0.25, -0.2) is 4.98 Å². The normalized spacial score (nSPS) is 19.5. The predicted octanol–water partition coefficient (Wildman–Crippen LogP) is 4.09. The fraction of sp³-hybridized carbons (Fsp3) is 0.333. The van der Waals surface area contributed by atoms with Gasteiger partial charge < -0.3 is 24.5 Å². The number of carbonyl (C=O) groups is 3. The second-order valence-electron chi connectivity index (χ2n) is 11.4. The Hall–Kier alpha value is -4.40. The fourth-order valence-corrected chi connectivity index (χ4v) is 5.64. The van der Waals surface area contributed by atoms with Gasteiger partial charge in [0.2, 0.25) is 5.91 Å². The van der Waals surface area contributed by atoms with Gasteiger partial charge in [-0.1, -0.05) is 69.3 Å². The summed E-state index contributed by atoms with van der Waals surface area (Å²) < 4.78 is 5.78. The third-order valence-electron chi connectivity index (χ3n) is 7.69. The lowest BCUT2D eigenvalue weighted by atomic mass is 9.85. The van der Waals surface area contributed by atoms with Crippen LogP contribution < -0.4 is 5.32 Å². The van der Waals surface area contributed by atoms with Crippen LogP contribution in [0.4, 0.5) is 0 Å². The number of aromatic nitrogens is 2. The van der Waals surface area contributed by atoms with Crippen molar-refractivity contribution in [2.75, 3.05) is 13.1 Å². The SMILES string of the molecule is CC(C)(C)[C@H](NC(=O)c1cc2ccccc2[nH]1)C(=O)N1C[C@@H]2CC1CN2C(=O)c1ncc(-c2ccccc2)o1. The molecule has 3 atom stereocenters. The van der Waals surface area contributed by atoms with Gasteiger partial charge in [0.1, 0.15) is 11.7 Å². The van der Waals surface area contributed by atoms with Crippen LogP contribution in [-0.2, 0) is 4.79 Å². The first-order chi connectivity index (χ1) is 18.7. The predicted molar refractivity (Wildman–Crippen MR) is 146 cm³/mol. The maximum atomic E-state index is 13.8. The first-order valence-corrected chi connectivity index (χ1v) is 13.2. The molecule has 2 aliphatic heterocycles. The third kappa shape index (κ3) is 4.58. The summed E-state index contributed by atoms with van der Waals surface area (Å²) in [7, 11) is 0. The van der Waals surface area contributed by atoms with E-state index in [0.717, 1.165) is 16.5 Å². The molecule has 0 spiro atoms. The summed E-state index contributed by atoms with van der Waals surface area (Å²) in [5, 5.41) is 3.92. The summed E-state index contributed by atoms with van der Waals surface area (Å²) in [5.74, 6) is -0.125. The molecule has 2 aliphatic rings. The zero-order chi connectivity index (χ0) is 27.3. The topological polar surface area (TPSA) is 112 Å². The highest BCUT2D eigenvalue weighted by atomic mass is 16.4. The van der Waals surface area contributed by atoms with Gasteiger partial charge in [0.05, 0.1) is 18.3 Å². The molecule has 0 radical (unpaired) electrons. The number of amides is 3. The molecule has 1 unspecified atom stereocenters. The molecule has 2 fully saturated rings. The number of likely N-dealkylation sites (tertiary alicyclic amines) is 2. The molecular formula is C30H31N5O4. The summed E-state index contributed by atoms with van der Waals surface area (Å²) in [6.07, 6.45) is 2.26. The summed E-state index contributed by atoms with van der Waals surface area (Å²) in [4.78, 5) is 51.1. The average Bonchev–Trinajstić information content (AvgIpc) is 3.73. The van der Waals surface area contributed by atoms with Crippen molar-refractivity contribution in [3.8, 4) is 11.3 Å². The Morgan fingerprint density at radius 2 is 1.69 bits per heavy atom. The highest BCUT2D eigenvalue weighted by molar-refractivity contribution is 6.00. The van der Waals surface area contributed by atoms with Gasteiger partial charge in [-0.05, 0) is 24.0 Å². The largest absolute Gasteiger partial charge is 0.432 e. The summed E-state index contributed by atoms with van der Waals surface area (Å²) in [6, 6.07) is 18.0. The monoisotopic (exact) mass is 525 g/mol. The quantitative estimate of drug-likeness (QED) is 0.408. The summed E-state index contributed by atoms with van der Waals surface area (Å²) in [5.41, 5.74) is 1.62. The Kier molecular flexibility index (Phi) is 6.01. The lowest BCUT2D eigenvalue weighted by Crippen LogP contribution is -2.59. The second kappa shape index (κ2) is 9.41. The number of nitrogens with one attached hydrogen (secondary N) is 2. The molecule has 9 heteroatoms. The number of rotatable bonds is 5. The minimum atomic E-state index is -0.722. The van der Waals surface area contributed by atoms with Crippen LogP contribution in [0, 0.1) is 5.41 Å². The van der Waals surface area contributed by atoms with Gasteiger partial charge in [-0.2, -0.15) is 0 Å². The average molecular weight is 526 g/mol. The van der Waals surface area contributed by atoms with Crippen molar-refractivity contribution in [3.05, 3.63) is 78.4 Å². The summed E-state index contributed by atoms with van der Waals surface area (Å²) >= 11 is 0. The standard InChI is InChI=1S/C30H31N5O4/c1-30(2,3)25(33-26(36)23-13-19-11-7-8-12-22(19)32-23)28(37)34-16-21-14-20(34)17-35(21)29(38)27-31-15-24(39-27)18-9-5-4-6-10-18/h4-13,15,20-21,25,32H,14,16-17H2,1-3H3,(H,33,36)/t20?,21-,25+/m0/s1. The number of piperazine rings is 1. The third-order valence-corrected chi connectivity index (χ3v) is 7.69. The van der Waals surface area contributed by atoms with E-state index in [-0.39, 0.29) is 35.7 Å². The first kappa shape index (κ1) is 24.9. The van der Waals surface area contributed by atoms with Crippen molar-refractivity contribution in [1.82, 2.24) is 25.1 Å². The van der Waals surface area contributed by atoms with Crippen LogP contribution in [0.2, 0.25) is 0 Å². The van der Waals surface area contributed by atoms with Crippen molar-refractivity contribution in [2.24, 2.45) is 5.41 Å². The van der Waals surface area contributed by atoms with E-state index in [9.17, 15) is 14.4 Å². The minimum Gasteiger partial charge on any atom is -0.432 e. The number of fused-ring (bicyclic) bond motifs is 3. The number of hydrogen-bond donors (Lipinski definition) is 2. The zero-order valence-electron chi connectivity index (χ0n) is 22.2. The molecule has 9 nitrogen and oxygen atoms in total. The fourth-order valence-electron chi connectivity index (χ4n) is 5.64. The number of aromatic amines is 1. The maximum Gasteiger partial charge on any atom is 0.310 e. The van der Waals surface area contributed by atoms with Crippen LogP contribution in [0.25, 0.3) is 22.2 Å². The molecule has 3 amide bonds. The van der Waals surface area contributed by atoms with Crippen LogP contribution in [0.1, 0.15) is 48.4 Å². The molecule has 2 N–H and O–H groups in total. The highest BCUT2D eigenvalue weighted by Gasteiger charge is 2.50. The Morgan fingerprint density at radius 3 is 2.38 bits per heavy atom. The number of benzene rings is 2. The highest BCUT2D eigenvalue weighted by Crippen LogP contribution is 2.34.